The van der Waals surface area contributed by atoms with Gasteiger partial charge >= 0.3 is 0 Å². The lowest BCUT2D eigenvalue weighted by molar-refractivity contribution is -0.154. The van der Waals surface area contributed by atoms with Crippen molar-refractivity contribution in [3.8, 4) is 5.75 Å². The molecule has 3 aromatic carbocycles. The van der Waals surface area contributed by atoms with Crippen molar-refractivity contribution in [3.63, 3.8) is 0 Å². The van der Waals surface area contributed by atoms with Gasteiger partial charge in [-0.25, -0.2) is 13.2 Å². The second-order valence-corrected chi connectivity index (χ2v) is 8.37. The van der Waals surface area contributed by atoms with Gasteiger partial charge in [-0.2, -0.15) is 0 Å². The van der Waals surface area contributed by atoms with Gasteiger partial charge in [-0.1, -0.05) is 30.3 Å². The van der Waals surface area contributed by atoms with Gasteiger partial charge in [0.15, 0.2) is 12.1 Å². The summed E-state index contributed by atoms with van der Waals surface area (Å²) in [5.74, 6) is -4.99. The van der Waals surface area contributed by atoms with Crippen LogP contribution in [0.3, 0.4) is 0 Å². The lowest BCUT2D eigenvalue weighted by Crippen LogP contribution is -2.57. The molecule has 0 saturated carbocycles. The van der Waals surface area contributed by atoms with Gasteiger partial charge in [-0.15, -0.1) is 0 Å². The third-order valence-corrected chi connectivity index (χ3v) is 5.59. The van der Waals surface area contributed by atoms with Gasteiger partial charge in [0.2, 0.25) is 11.8 Å². The summed E-state index contributed by atoms with van der Waals surface area (Å²) in [6.45, 7) is 1.33. The molecule has 186 valence electrons. The van der Waals surface area contributed by atoms with E-state index in [1.54, 1.807) is 30.3 Å². The number of benzene rings is 3. The van der Waals surface area contributed by atoms with Gasteiger partial charge in [0.1, 0.15) is 23.2 Å². The Hall–Kier alpha value is -4.18. The smallest absolute Gasteiger partial charge is 0.252 e. The standard InChI is InChI=1S/C26H22F3N3O4/c1-14(30)26(35)32(22(33)11-15-9-18(28)12-19(29)10-15)23-24(16-5-3-2-4-6-16)36-21-8-7-17(27)13-20(21)31-25(23)34/h2-10,12-14,23-24H,11,30H2,1H3,(H,31,34)/t14-,23-,24+/m0/s1. The number of imide groups is 1. The summed E-state index contributed by atoms with van der Waals surface area (Å²) in [5.41, 5.74) is 6.22. The Balaban J connectivity index is 1.81. The highest BCUT2D eigenvalue weighted by atomic mass is 19.1. The number of nitrogens with one attached hydrogen (secondary N) is 1. The van der Waals surface area contributed by atoms with Crippen molar-refractivity contribution in [2.75, 3.05) is 5.32 Å². The Bertz CT molecular complexity index is 1300. The monoisotopic (exact) mass is 497 g/mol. The van der Waals surface area contributed by atoms with E-state index in [2.05, 4.69) is 5.32 Å². The molecule has 3 atom stereocenters. The maximum atomic E-state index is 13.9. The molecule has 1 aliphatic rings. The van der Waals surface area contributed by atoms with Crippen molar-refractivity contribution in [2.24, 2.45) is 5.73 Å². The van der Waals surface area contributed by atoms with Crippen LogP contribution in [-0.4, -0.2) is 34.7 Å². The third kappa shape index (κ3) is 5.23. The first-order chi connectivity index (χ1) is 17.1. The largest absolute Gasteiger partial charge is 0.481 e. The fourth-order valence-electron chi connectivity index (χ4n) is 4.00. The highest BCUT2D eigenvalue weighted by Crippen LogP contribution is 2.37. The van der Waals surface area contributed by atoms with Crippen molar-refractivity contribution in [2.45, 2.75) is 31.5 Å². The van der Waals surface area contributed by atoms with Crippen LogP contribution in [0.4, 0.5) is 18.9 Å². The van der Waals surface area contributed by atoms with Gasteiger partial charge in [0.25, 0.3) is 5.91 Å². The van der Waals surface area contributed by atoms with E-state index in [4.69, 9.17) is 10.5 Å². The van der Waals surface area contributed by atoms with E-state index in [1.165, 1.54) is 13.0 Å². The third-order valence-electron chi connectivity index (χ3n) is 5.59. The zero-order chi connectivity index (χ0) is 26.0. The highest BCUT2D eigenvalue weighted by Gasteiger charge is 2.45. The minimum atomic E-state index is -1.58. The van der Waals surface area contributed by atoms with Crippen molar-refractivity contribution in [3.05, 3.63) is 95.3 Å². The number of carbonyl (C=O) groups is 3. The molecule has 3 N–H and O–H groups in total. The summed E-state index contributed by atoms with van der Waals surface area (Å²) < 4.78 is 47.4. The average molecular weight is 497 g/mol. The summed E-state index contributed by atoms with van der Waals surface area (Å²) >= 11 is 0. The van der Waals surface area contributed by atoms with Crippen LogP contribution in [0.5, 0.6) is 5.75 Å². The molecule has 0 radical (unpaired) electrons. The fourth-order valence-corrected chi connectivity index (χ4v) is 4.00. The molecular formula is C26H22F3N3O4. The molecule has 36 heavy (non-hydrogen) atoms. The fraction of sp³-hybridized carbons (Fsp3) is 0.192. The molecule has 3 aromatic rings. The van der Waals surface area contributed by atoms with Crippen LogP contribution < -0.4 is 15.8 Å². The second kappa shape index (κ2) is 10.2. The van der Waals surface area contributed by atoms with Crippen LogP contribution in [0.15, 0.2) is 66.7 Å². The Morgan fingerprint density at radius 3 is 2.31 bits per heavy atom. The number of ether oxygens (including phenoxy) is 1. The number of fused-ring (bicyclic) bond motifs is 1. The zero-order valence-electron chi connectivity index (χ0n) is 19.1. The maximum Gasteiger partial charge on any atom is 0.252 e. The average Bonchev–Trinajstić information content (AvgIpc) is 2.95. The van der Waals surface area contributed by atoms with E-state index in [0.717, 1.165) is 24.3 Å². The quantitative estimate of drug-likeness (QED) is 0.562. The van der Waals surface area contributed by atoms with Crippen LogP contribution in [-0.2, 0) is 20.8 Å². The normalized spacial score (nSPS) is 17.8. The SMILES string of the molecule is C[C@H](N)C(=O)N(C(=O)Cc1cc(F)cc(F)c1)[C@@H]1C(=O)Nc2cc(F)ccc2O[C@@H]1c1ccccc1. The number of amides is 3. The van der Waals surface area contributed by atoms with Crippen LogP contribution in [0, 0.1) is 17.5 Å². The van der Waals surface area contributed by atoms with E-state index >= 15 is 0 Å². The minimum Gasteiger partial charge on any atom is -0.481 e. The van der Waals surface area contributed by atoms with Gasteiger partial charge in [-0.3, -0.25) is 19.3 Å². The number of carbonyl (C=O) groups excluding carboxylic acids is 3. The number of nitrogens with zero attached hydrogens (tertiary/aromatic N) is 1. The molecule has 4 rings (SSSR count). The van der Waals surface area contributed by atoms with Crippen LogP contribution in [0.25, 0.3) is 0 Å². The number of rotatable bonds is 5. The van der Waals surface area contributed by atoms with Crippen LogP contribution >= 0.6 is 0 Å². The first-order valence-electron chi connectivity index (χ1n) is 11.0. The lowest BCUT2D eigenvalue weighted by Gasteiger charge is -2.34. The number of hydrogen-bond acceptors (Lipinski definition) is 5. The van der Waals surface area contributed by atoms with E-state index < -0.39 is 59.8 Å². The molecule has 10 heteroatoms. The van der Waals surface area contributed by atoms with Crippen molar-refractivity contribution < 1.29 is 32.3 Å². The lowest BCUT2D eigenvalue weighted by atomic mass is 9.98. The first-order valence-corrected chi connectivity index (χ1v) is 11.0. The molecule has 0 saturated heterocycles. The van der Waals surface area contributed by atoms with Crippen LogP contribution in [0.2, 0.25) is 0 Å². The van der Waals surface area contributed by atoms with E-state index in [1.807, 2.05) is 0 Å². The number of hydrogen-bond donors (Lipinski definition) is 2. The number of halogens is 3. The summed E-state index contributed by atoms with van der Waals surface area (Å²) in [4.78, 5) is 40.8. The minimum absolute atomic E-state index is 0.0104. The molecule has 0 aromatic heterocycles. The molecule has 0 fully saturated rings. The predicted molar refractivity (Wildman–Crippen MR) is 124 cm³/mol. The predicted octanol–water partition coefficient (Wildman–Crippen LogP) is 3.49. The summed E-state index contributed by atoms with van der Waals surface area (Å²) in [6.07, 6.45) is -1.80. The Labute approximate surface area is 204 Å². The number of nitrogens with two attached hydrogens (primary N) is 1. The van der Waals surface area contributed by atoms with E-state index in [9.17, 15) is 27.6 Å². The molecule has 0 spiro atoms. The number of anilines is 1. The molecular weight excluding hydrogens is 475 g/mol. The maximum absolute atomic E-state index is 13.9. The summed E-state index contributed by atoms with van der Waals surface area (Å²) in [5, 5.41) is 2.51. The first kappa shape index (κ1) is 24.9. The molecule has 1 heterocycles. The Kier molecular flexibility index (Phi) is 7.07. The zero-order valence-corrected chi connectivity index (χ0v) is 19.1. The van der Waals surface area contributed by atoms with Gasteiger partial charge in [0, 0.05) is 12.1 Å². The molecule has 0 unspecified atom stereocenters. The van der Waals surface area contributed by atoms with E-state index in [0.29, 0.717) is 16.5 Å². The van der Waals surface area contributed by atoms with E-state index in [-0.39, 0.29) is 17.0 Å². The molecule has 7 nitrogen and oxygen atoms in total. The second-order valence-electron chi connectivity index (χ2n) is 8.37. The molecule has 0 aliphatic carbocycles. The van der Waals surface area contributed by atoms with Crippen molar-refractivity contribution in [1.29, 1.82) is 0 Å². The highest BCUT2D eigenvalue weighted by molar-refractivity contribution is 6.06. The Morgan fingerprint density at radius 1 is 1.00 bits per heavy atom. The summed E-state index contributed by atoms with van der Waals surface area (Å²) in [6, 6.07) is 11.6. The topological polar surface area (TPSA) is 102 Å². The van der Waals surface area contributed by atoms with Crippen molar-refractivity contribution in [1.82, 2.24) is 4.90 Å². The van der Waals surface area contributed by atoms with Gasteiger partial charge in [0.05, 0.1) is 18.2 Å². The molecule has 3 amide bonds. The molecule has 1 aliphatic heterocycles. The van der Waals surface area contributed by atoms with Gasteiger partial charge in [-0.05, 0) is 42.3 Å². The summed E-state index contributed by atoms with van der Waals surface area (Å²) in [7, 11) is 0. The van der Waals surface area contributed by atoms with Crippen molar-refractivity contribution >= 4 is 23.4 Å². The van der Waals surface area contributed by atoms with Gasteiger partial charge < -0.3 is 15.8 Å². The van der Waals surface area contributed by atoms with Crippen LogP contribution in [0.1, 0.15) is 24.2 Å². The Morgan fingerprint density at radius 2 is 1.67 bits per heavy atom. The molecule has 0 bridgehead atoms.